The highest BCUT2D eigenvalue weighted by Crippen LogP contribution is 2.29. The van der Waals surface area contributed by atoms with Gasteiger partial charge in [0.25, 0.3) is 5.88 Å². The number of rotatable bonds is 3. The molecule has 0 aromatic carbocycles. The highest BCUT2D eigenvalue weighted by molar-refractivity contribution is 5.52. The summed E-state index contributed by atoms with van der Waals surface area (Å²) in [6.45, 7) is 0.721. The van der Waals surface area contributed by atoms with Crippen molar-refractivity contribution in [2.75, 3.05) is 12.3 Å². The highest BCUT2D eigenvalue weighted by atomic mass is 16.5. The molecule has 0 amide bonds. The lowest BCUT2D eigenvalue weighted by Gasteiger charge is -2.06. The average Bonchev–Trinajstić information content (AvgIpc) is 2.92. The first-order valence-electron chi connectivity index (χ1n) is 5.05. The van der Waals surface area contributed by atoms with Crippen LogP contribution in [-0.2, 0) is 0 Å². The predicted molar refractivity (Wildman–Crippen MR) is 55.6 cm³/mol. The number of anilines is 1. The molecule has 1 aliphatic carbocycles. The second kappa shape index (κ2) is 3.12. The molecule has 0 unspecified atom stereocenters. The largest absolute Gasteiger partial charge is 0.475 e. The van der Waals surface area contributed by atoms with Gasteiger partial charge < -0.3 is 10.5 Å². The molecular formula is C10H12N4O. The molecule has 0 aliphatic heterocycles. The lowest BCUT2D eigenvalue weighted by Crippen LogP contribution is -2.05. The van der Waals surface area contributed by atoms with Gasteiger partial charge in [0.2, 0.25) is 5.65 Å². The van der Waals surface area contributed by atoms with Crippen molar-refractivity contribution in [2.24, 2.45) is 5.92 Å². The quantitative estimate of drug-likeness (QED) is 0.813. The standard InChI is InChI=1S/C10H12N4O/c11-8-5-14-4-3-12-9(14)10(13-8)15-6-7-1-2-7/h3-5,7H,1-2,6,11H2. The zero-order chi connectivity index (χ0) is 10.3. The van der Waals surface area contributed by atoms with E-state index in [1.807, 2.05) is 10.6 Å². The molecule has 0 spiro atoms. The summed E-state index contributed by atoms with van der Waals surface area (Å²) in [5.41, 5.74) is 6.39. The Bertz CT molecular complexity index is 489. The predicted octanol–water partition coefficient (Wildman–Crippen LogP) is 1.10. The summed E-state index contributed by atoms with van der Waals surface area (Å²) >= 11 is 0. The van der Waals surface area contributed by atoms with Crippen LogP contribution in [0.5, 0.6) is 5.88 Å². The van der Waals surface area contributed by atoms with Crippen molar-refractivity contribution >= 4 is 11.5 Å². The van der Waals surface area contributed by atoms with Crippen LogP contribution in [0.2, 0.25) is 0 Å². The second-order valence-corrected chi connectivity index (χ2v) is 3.88. The van der Waals surface area contributed by atoms with Crippen LogP contribution in [0.15, 0.2) is 18.6 Å². The molecule has 1 aliphatic rings. The molecule has 5 heteroatoms. The van der Waals surface area contributed by atoms with Crippen LogP contribution in [0.25, 0.3) is 5.65 Å². The third-order valence-electron chi connectivity index (χ3n) is 2.51. The minimum Gasteiger partial charge on any atom is -0.475 e. The number of hydrogen-bond acceptors (Lipinski definition) is 4. The maximum Gasteiger partial charge on any atom is 0.260 e. The van der Waals surface area contributed by atoms with Gasteiger partial charge in [0.1, 0.15) is 5.82 Å². The van der Waals surface area contributed by atoms with E-state index in [1.54, 1.807) is 12.4 Å². The van der Waals surface area contributed by atoms with E-state index in [0.717, 1.165) is 12.3 Å². The second-order valence-electron chi connectivity index (χ2n) is 3.88. The maximum absolute atomic E-state index is 5.67. The van der Waals surface area contributed by atoms with Crippen LogP contribution in [0.3, 0.4) is 0 Å². The molecule has 0 atom stereocenters. The number of nitrogens with zero attached hydrogens (tertiary/aromatic N) is 3. The van der Waals surface area contributed by atoms with E-state index in [9.17, 15) is 0 Å². The number of imidazole rings is 1. The van der Waals surface area contributed by atoms with Gasteiger partial charge in [-0.2, -0.15) is 4.98 Å². The molecule has 15 heavy (non-hydrogen) atoms. The summed E-state index contributed by atoms with van der Waals surface area (Å²) in [5.74, 6) is 1.68. The van der Waals surface area contributed by atoms with Crippen LogP contribution < -0.4 is 10.5 Å². The van der Waals surface area contributed by atoms with Crippen molar-refractivity contribution in [3.05, 3.63) is 18.6 Å². The van der Waals surface area contributed by atoms with E-state index in [-0.39, 0.29) is 0 Å². The van der Waals surface area contributed by atoms with Crippen molar-refractivity contribution < 1.29 is 4.74 Å². The first-order chi connectivity index (χ1) is 7.33. The fourth-order valence-electron chi connectivity index (χ4n) is 1.50. The van der Waals surface area contributed by atoms with Gasteiger partial charge in [-0.1, -0.05) is 0 Å². The van der Waals surface area contributed by atoms with Crippen molar-refractivity contribution in [2.45, 2.75) is 12.8 Å². The fraction of sp³-hybridized carbons (Fsp3) is 0.400. The lowest BCUT2D eigenvalue weighted by atomic mass is 10.5. The van der Waals surface area contributed by atoms with Crippen LogP contribution in [0, 0.1) is 5.92 Å². The molecule has 1 fully saturated rings. The smallest absolute Gasteiger partial charge is 0.260 e. The van der Waals surface area contributed by atoms with E-state index in [1.165, 1.54) is 12.8 Å². The number of ether oxygens (including phenoxy) is 1. The number of aromatic nitrogens is 3. The number of hydrogen-bond donors (Lipinski definition) is 1. The van der Waals surface area contributed by atoms with Gasteiger partial charge in [-0.3, -0.25) is 4.40 Å². The number of fused-ring (bicyclic) bond motifs is 1. The maximum atomic E-state index is 5.67. The summed E-state index contributed by atoms with van der Waals surface area (Å²) in [6, 6.07) is 0. The van der Waals surface area contributed by atoms with Gasteiger partial charge in [-0.05, 0) is 18.8 Å². The van der Waals surface area contributed by atoms with Gasteiger partial charge in [0.05, 0.1) is 12.8 Å². The first kappa shape index (κ1) is 8.52. The third-order valence-corrected chi connectivity index (χ3v) is 2.51. The summed E-state index contributed by atoms with van der Waals surface area (Å²) in [7, 11) is 0. The van der Waals surface area contributed by atoms with Crippen LogP contribution in [-0.4, -0.2) is 21.0 Å². The molecule has 1 saturated carbocycles. The van der Waals surface area contributed by atoms with Gasteiger partial charge >= 0.3 is 0 Å². The summed E-state index contributed by atoms with van der Waals surface area (Å²) in [4.78, 5) is 8.32. The van der Waals surface area contributed by atoms with Crippen LogP contribution in [0.1, 0.15) is 12.8 Å². The fourth-order valence-corrected chi connectivity index (χ4v) is 1.50. The number of nitrogen functional groups attached to an aromatic ring is 1. The van der Waals surface area contributed by atoms with Crippen LogP contribution in [0.4, 0.5) is 5.82 Å². The molecule has 2 aromatic rings. The molecule has 0 radical (unpaired) electrons. The average molecular weight is 204 g/mol. The topological polar surface area (TPSA) is 65.4 Å². The van der Waals surface area contributed by atoms with E-state index < -0.39 is 0 Å². The Morgan fingerprint density at radius 3 is 3.20 bits per heavy atom. The van der Waals surface area contributed by atoms with Gasteiger partial charge in [-0.25, -0.2) is 4.98 Å². The zero-order valence-corrected chi connectivity index (χ0v) is 8.26. The van der Waals surface area contributed by atoms with Crippen LogP contribution >= 0.6 is 0 Å². The first-order valence-corrected chi connectivity index (χ1v) is 5.05. The zero-order valence-electron chi connectivity index (χ0n) is 8.26. The molecule has 0 saturated heterocycles. The molecule has 3 rings (SSSR count). The molecule has 78 valence electrons. The molecule has 2 aromatic heterocycles. The Hall–Kier alpha value is -1.78. The van der Waals surface area contributed by atoms with Gasteiger partial charge in [0, 0.05) is 12.4 Å². The monoisotopic (exact) mass is 204 g/mol. The van der Waals surface area contributed by atoms with Gasteiger partial charge in [0.15, 0.2) is 0 Å². The Morgan fingerprint density at radius 1 is 1.53 bits per heavy atom. The lowest BCUT2D eigenvalue weighted by molar-refractivity contribution is 0.291. The Morgan fingerprint density at radius 2 is 2.40 bits per heavy atom. The Kier molecular flexibility index (Phi) is 1.77. The van der Waals surface area contributed by atoms with E-state index in [0.29, 0.717) is 17.6 Å². The Balaban J connectivity index is 1.95. The molecule has 2 N–H and O–H groups in total. The highest BCUT2D eigenvalue weighted by Gasteiger charge is 2.22. The van der Waals surface area contributed by atoms with E-state index in [2.05, 4.69) is 9.97 Å². The SMILES string of the molecule is Nc1cn2ccnc2c(OCC2CC2)n1. The summed E-state index contributed by atoms with van der Waals surface area (Å²) in [5, 5.41) is 0. The third kappa shape index (κ3) is 1.60. The molecule has 2 heterocycles. The van der Waals surface area contributed by atoms with Crippen molar-refractivity contribution in [1.82, 2.24) is 14.4 Å². The molecule has 5 nitrogen and oxygen atoms in total. The van der Waals surface area contributed by atoms with Crippen molar-refractivity contribution in [3.63, 3.8) is 0 Å². The molecular weight excluding hydrogens is 192 g/mol. The minimum atomic E-state index is 0.450. The molecule has 0 bridgehead atoms. The normalized spacial score (nSPS) is 15.7. The van der Waals surface area contributed by atoms with E-state index in [4.69, 9.17) is 10.5 Å². The van der Waals surface area contributed by atoms with Crippen molar-refractivity contribution in [1.29, 1.82) is 0 Å². The summed E-state index contributed by atoms with van der Waals surface area (Å²) < 4.78 is 7.43. The van der Waals surface area contributed by atoms with Gasteiger partial charge in [-0.15, -0.1) is 0 Å². The van der Waals surface area contributed by atoms with Crippen molar-refractivity contribution in [3.8, 4) is 5.88 Å². The van der Waals surface area contributed by atoms with E-state index >= 15 is 0 Å². The summed E-state index contributed by atoms with van der Waals surface area (Å²) in [6.07, 6.45) is 7.78. The minimum absolute atomic E-state index is 0.450. The Labute approximate surface area is 86.9 Å². The number of nitrogens with two attached hydrogens (primary N) is 1.